The first-order valence-corrected chi connectivity index (χ1v) is 7.22. The molecule has 0 amide bonds. The number of hydrogen-bond donors (Lipinski definition) is 1. The molecule has 2 nitrogen and oxygen atoms in total. The molecular formula is C15H22ClNO. The highest BCUT2D eigenvalue weighted by Gasteiger charge is 2.21. The predicted octanol–water partition coefficient (Wildman–Crippen LogP) is 3.80. The average molecular weight is 268 g/mol. The van der Waals surface area contributed by atoms with Gasteiger partial charge in [-0.3, -0.25) is 0 Å². The van der Waals surface area contributed by atoms with E-state index in [9.17, 15) is 0 Å². The summed E-state index contributed by atoms with van der Waals surface area (Å²) in [4.78, 5) is 0. The fourth-order valence-electron chi connectivity index (χ4n) is 2.55. The molecule has 0 atom stereocenters. The van der Waals surface area contributed by atoms with Gasteiger partial charge in [-0.25, -0.2) is 0 Å². The van der Waals surface area contributed by atoms with Gasteiger partial charge < -0.3 is 10.5 Å². The molecule has 0 saturated heterocycles. The van der Waals surface area contributed by atoms with Gasteiger partial charge in [0.25, 0.3) is 0 Å². The Hall–Kier alpha value is -0.730. The maximum Gasteiger partial charge on any atom is 0.141 e. The molecule has 1 saturated carbocycles. The summed E-state index contributed by atoms with van der Waals surface area (Å²) in [7, 11) is 0. The highest BCUT2D eigenvalue weighted by Crippen LogP contribution is 2.33. The topological polar surface area (TPSA) is 35.2 Å². The van der Waals surface area contributed by atoms with Crippen molar-refractivity contribution in [3.05, 3.63) is 28.8 Å². The Morgan fingerprint density at radius 2 is 2.00 bits per heavy atom. The van der Waals surface area contributed by atoms with Crippen LogP contribution in [0.4, 0.5) is 0 Å². The molecule has 18 heavy (non-hydrogen) atoms. The summed E-state index contributed by atoms with van der Waals surface area (Å²) < 4.78 is 6.13. The van der Waals surface area contributed by atoms with Crippen molar-refractivity contribution in [1.29, 1.82) is 0 Å². The van der Waals surface area contributed by atoms with E-state index in [-0.39, 0.29) is 0 Å². The summed E-state index contributed by atoms with van der Waals surface area (Å²) >= 11 is 6.25. The summed E-state index contributed by atoms with van der Waals surface area (Å²) in [6.45, 7) is 2.93. The van der Waals surface area contributed by atoms with Crippen molar-refractivity contribution < 1.29 is 4.74 Å². The van der Waals surface area contributed by atoms with E-state index in [1.165, 1.54) is 12.8 Å². The van der Waals surface area contributed by atoms with Gasteiger partial charge in [0.15, 0.2) is 0 Å². The van der Waals surface area contributed by atoms with Gasteiger partial charge in [-0.1, -0.05) is 30.7 Å². The highest BCUT2D eigenvalue weighted by molar-refractivity contribution is 6.32. The molecule has 3 heteroatoms. The number of rotatable bonds is 4. The minimum Gasteiger partial charge on any atom is -0.489 e. The molecule has 1 aliphatic rings. The number of para-hydroxylation sites is 1. The van der Waals surface area contributed by atoms with Crippen LogP contribution < -0.4 is 10.5 Å². The normalized spacial score (nSPS) is 23.9. The van der Waals surface area contributed by atoms with Gasteiger partial charge in [0.2, 0.25) is 0 Å². The smallest absolute Gasteiger partial charge is 0.141 e. The van der Waals surface area contributed by atoms with Crippen LogP contribution in [0.1, 0.15) is 38.2 Å². The Morgan fingerprint density at radius 1 is 1.28 bits per heavy atom. The molecule has 2 N–H and O–H groups in total. The van der Waals surface area contributed by atoms with Crippen LogP contribution in [0.15, 0.2) is 18.2 Å². The first kappa shape index (κ1) is 13.7. The van der Waals surface area contributed by atoms with Crippen LogP contribution in [0.2, 0.25) is 5.02 Å². The van der Waals surface area contributed by atoms with Gasteiger partial charge in [0, 0.05) is 0 Å². The van der Waals surface area contributed by atoms with Crippen molar-refractivity contribution in [3.63, 3.8) is 0 Å². The lowest BCUT2D eigenvalue weighted by atomic mass is 9.89. The van der Waals surface area contributed by atoms with Crippen LogP contribution in [0.5, 0.6) is 5.75 Å². The number of halogens is 1. The van der Waals surface area contributed by atoms with E-state index in [1.54, 1.807) is 0 Å². The Bertz CT molecular complexity index is 386. The molecule has 100 valence electrons. The van der Waals surface area contributed by atoms with E-state index in [0.717, 1.165) is 36.5 Å². The third-order valence-electron chi connectivity index (χ3n) is 3.71. The van der Waals surface area contributed by atoms with Crippen molar-refractivity contribution in [2.45, 2.75) is 45.1 Å². The Balaban J connectivity index is 2.07. The van der Waals surface area contributed by atoms with E-state index in [2.05, 4.69) is 13.0 Å². The van der Waals surface area contributed by atoms with Gasteiger partial charge in [0.1, 0.15) is 5.75 Å². The van der Waals surface area contributed by atoms with E-state index < -0.39 is 0 Å². The van der Waals surface area contributed by atoms with E-state index in [4.69, 9.17) is 22.1 Å². The SMILES string of the molecule is CC1CCC(Oc2c(Cl)cccc2CCN)CC1. The quantitative estimate of drug-likeness (QED) is 0.901. The third kappa shape index (κ3) is 3.39. The van der Waals surface area contributed by atoms with Crippen molar-refractivity contribution in [2.75, 3.05) is 6.54 Å². The zero-order valence-electron chi connectivity index (χ0n) is 11.0. The van der Waals surface area contributed by atoms with Gasteiger partial charge in [-0.15, -0.1) is 0 Å². The number of ether oxygens (including phenoxy) is 1. The number of nitrogens with two attached hydrogens (primary N) is 1. The molecule has 0 radical (unpaired) electrons. The first-order chi connectivity index (χ1) is 8.70. The monoisotopic (exact) mass is 267 g/mol. The zero-order valence-corrected chi connectivity index (χ0v) is 11.7. The van der Waals surface area contributed by atoms with Gasteiger partial charge in [-0.05, 0) is 56.2 Å². The minimum atomic E-state index is 0.317. The Kier molecular flexibility index (Phi) is 4.90. The van der Waals surface area contributed by atoms with Crippen molar-refractivity contribution in [2.24, 2.45) is 11.7 Å². The fraction of sp³-hybridized carbons (Fsp3) is 0.600. The first-order valence-electron chi connectivity index (χ1n) is 6.84. The van der Waals surface area contributed by atoms with Crippen molar-refractivity contribution in [3.8, 4) is 5.75 Å². The van der Waals surface area contributed by atoms with Crippen LogP contribution in [-0.2, 0) is 6.42 Å². The van der Waals surface area contributed by atoms with E-state index in [1.807, 2.05) is 12.1 Å². The Morgan fingerprint density at radius 3 is 2.67 bits per heavy atom. The minimum absolute atomic E-state index is 0.317. The Labute approximate surface area is 114 Å². The van der Waals surface area contributed by atoms with Crippen LogP contribution in [0.3, 0.4) is 0 Å². The summed E-state index contributed by atoms with van der Waals surface area (Å²) in [5.41, 5.74) is 6.76. The van der Waals surface area contributed by atoms with Crippen molar-refractivity contribution >= 4 is 11.6 Å². The highest BCUT2D eigenvalue weighted by atomic mass is 35.5. The molecule has 1 aromatic carbocycles. The molecule has 0 unspecified atom stereocenters. The standard InChI is InChI=1S/C15H22ClNO/c1-11-5-7-13(8-6-11)18-15-12(9-10-17)3-2-4-14(15)16/h2-4,11,13H,5-10,17H2,1H3. The van der Waals surface area contributed by atoms with Crippen molar-refractivity contribution in [1.82, 2.24) is 0 Å². The number of hydrogen-bond acceptors (Lipinski definition) is 2. The number of benzene rings is 1. The predicted molar refractivity (Wildman–Crippen MR) is 76.3 cm³/mol. The molecule has 1 aliphatic carbocycles. The molecular weight excluding hydrogens is 246 g/mol. The van der Waals surface area contributed by atoms with Crippen LogP contribution >= 0.6 is 11.6 Å². The molecule has 0 bridgehead atoms. The fourth-order valence-corrected chi connectivity index (χ4v) is 2.79. The molecule has 1 fully saturated rings. The van der Waals surface area contributed by atoms with E-state index >= 15 is 0 Å². The van der Waals surface area contributed by atoms with Gasteiger partial charge in [0.05, 0.1) is 11.1 Å². The largest absolute Gasteiger partial charge is 0.489 e. The molecule has 0 aromatic heterocycles. The molecule has 1 aromatic rings. The van der Waals surface area contributed by atoms with Gasteiger partial charge >= 0.3 is 0 Å². The zero-order chi connectivity index (χ0) is 13.0. The molecule has 0 aliphatic heterocycles. The van der Waals surface area contributed by atoms with E-state index in [0.29, 0.717) is 17.7 Å². The average Bonchev–Trinajstić information content (AvgIpc) is 2.36. The van der Waals surface area contributed by atoms with Gasteiger partial charge in [-0.2, -0.15) is 0 Å². The summed E-state index contributed by atoms with van der Waals surface area (Å²) in [5.74, 6) is 1.68. The lowest BCUT2D eigenvalue weighted by Crippen LogP contribution is -2.23. The lowest BCUT2D eigenvalue weighted by Gasteiger charge is -2.28. The summed E-state index contributed by atoms with van der Waals surface area (Å²) in [5, 5.41) is 0.708. The second-order valence-corrected chi connectivity index (χ2v) is 5.67. The second-order valence-electron chi connectivity index (χ2n) is 5.27. The van der Waals surface area contributed by atoms with Crippen LogP contribution in [0.25, 0.3) is 0 Å². The third-order valence-corrected chi connectivity index (χ3v) is 4.01. The molecule has 2 rings (SSSR count). The maximum atomic E-state index is 6.25. The molecule has 0 heterocycles. The summed E-state index contributed by atoms with van der Waals surface area (Å²) in [6, 6.07) is 5.91. The van der Waals surface area contributed by atoms with Crippen LogP contribution in [0, 0.1) is 5.92 Å². The summed E-state index contributed by atoms with van der Waals surface area (Å²) in [6.07, 6.45) is 5.91. The lowest BCUT2D eigenvalue weighted by molar-refractivity contribution is 0.134. The second kappa shape index (κ2) is 6.44. The molecule has 0 spiro atoms. The maximum absolute atomic E-state index is 6.25. The van der Waals surface area contributed by atoms with Crippen LogP contribution in [-0.4, -0.2) is 12.6 Å².